The fourth-order valence-corrected chi connectivity index (χ4v) is 4.56. The first-order valence-corrected chi connectivity index (χ1v) is 11.4. The number of nitrogens with one attached hydrogen (secondary N) is 1. The Morgan fingerprint density at radius 2 is 1.73 bits per heavy atom. The molecule has 0 bridgehead atoms. The highest BCUT2D eigenvalue weighted by atomic mass is 16.2. The molecule has 1 aliphatic heterocycles. The molecular weight excluding hydrogens is 410 g/mol. The standard InChI is InChI=1S/C28H29N3O2/c1-2-17-30-27(33)28(16-8-19-31(21-28)26(32)25-11-6-7-18-29-25)20-22-12-14-24(15-13-22)23-9-4-3-5-10-23/h2-7,9-15,18H,1,8,16-17,19-21H2,(H,30,33). The zero-order valence-electron chi connectivity index (χ0n) is 18.7. The van der Waals surface area contributed by atoms with Crippen LogP contribution in [-0.2, 0) is 11.2 Å². The van der Waals surface area contributed by atoms with Crippen molar-refractivity contribution in [2.75, 3.05) is 19.6 Å². The van der Waals surface area contributed by atoms with Crippen LogP contribution in [-0.4, -0.2) is 41.3 Å². The molecule has 1 aromatic heterocycles. The lowest BCUT2D eigenvalue weighted by Gasteiger charge is -2.41. The van der Waals surface area contributed by atoms with E-state index < -0.39 is 5.41 Å². The predicted molar refractivity (Wildman–Crippen MR) is 131 cm³/mol. The van der Waals surface area contributed by atoms with E-state index in [-0.39, 0.29) is 11.8 Å². The smallest absolute Gasteiger partial charge is 0.272 e. The van der Waals surface area contributed by atoms with Gasteiger partial charge in [-0.25, -0.2) is 0 Å². The van der Waals surface area contributed by atoms with E-state index in [1.54, 1.807) is 29.3 Å². The molecule has 5 nitrogen and oxygen atoms in total. The quantitative estimate of drug-likeness (QED) is 0.551. The van der Waals surface area contributed by atoms with Gasteiger partial charge in [-0.1, -0.05) is 66.7 Å². The van der Waals surface area contributed by atoms with Crippen molar-refractivity contribution >= 4 is 11.8 Å². The summed E-state index contributed by atoms with van der Waals surface area (Å²) in [5.41, 5.74) is 3.09. The van der Waals surface area contributed by atoms with Crippen LogP contribution in [0.25, 0.3) is 11.1 Å². The number of carbonyl (C=O) groups is 2. The van der Waals surface area contributed by atoms with Crippen molar-refractivity contribution in [1.82, 2.24) is 15.2 Å². The van der Waals surface area contributed by atoms with Crippen molar-refractivity contribution in [3.63, 3.8) is 0 Å². The molecule has 3 aromatic rings. The third-order valence-corrected chi connectivity index (χ3v) is 6.24. The molecule has 1 fully saturated rings. The maximum absolute atomic E-state index is 13.4. The minimum atomic E-state index is -0.694. The minimum absolute atomic E-state index is 0.0342. The number of benzene rings is 2. The van der Waals surface area contributed by atoms with Gasteiger partial charge in [0.05, 0.1) is 5.41 Å². The zero-order chi connectivity index (χ0) is 23.1. The first-order chi connectivity index (χ1) is 16.1. The van der Waals surface area contributed by atoms with Crippen molar-refractivity contribution < 1.29 is 9.59 Å². The molecule has 1 saturated heterocycles. The van der Waals surface area contributed by atoms with Crippen LogP contribution in [0.1, 0.15) is 28.9 Å². The van der Waals surface area contributed by atoms with Gasteiger partial charge in [0, 0.05) is 25.8 Å². The molecule has 4 rings (SSSR count). The molecular formula is C28H29N3O2. The van der Waals surface area contributed by atoms with Crippen LogP contribution in [0.5, 0.6) is 0 Å². The van der Waals surface area contributed by atoms with E-state index in [1.807, 2.05) is 24.3 Å². The van der Waals surface area contributed by atoms with Crippen LogP contribution in [0.15, 0.2) is 91.6 Å². The Bertz CT molecular complexity index is 1100. The Morgan fingerprint density at radius 1 is 1.00 bits per heavy atom. The molecule has 1 unspecified atom stereocenters. The average molecular weight is 440 g/mol. The van der Waals surface area contributed by atoms with E-state index in [4.69, 9.17) is 0 Å². The monoisotopic (exact) mass is 439 g/mol. The molecule has 168 valence electrons. The molecule has 5 heteroatoms. The van der Waals surface area contributed by atoms with Crippen molar-refractivity contribution in [2.45, 2.75) is 19.3 Å². The van der Waals surface area contributed by atoms with Gasteiger partial charge in [-0.15, -0.1) is 6.58 Å². The lowest BCUT2D eigenvalue weighted by molar-refractivity contribution is -0.133. The Kier molecular flexibility index (Phi) is 6.98. The number of likely N-dealkylation sites (tertiary alicyclic amines) is 1. The minimum Gasteiger partial charge on any atom is -0.352 e. The van der Waals surface area contributed by atoms with Crippen LogP contribution in [0.4, 0.5) is 0 Å². The van der Waals surface area contributed by atoms with E-state index in [0.29, 0.717) is 31.7 Å². The Balaban J connectivity index is 1.58. The molecule has 1 atom stereocenters. The summed E-state index contributed by atoms with van der Waals surface area (Å²) in [7, 11) is 0. The molecule has 0 radical (unpaired) electrons. The van der Waals surface area contributed by atoms with Gasteiger partial charge < -0.3 is 10.2 Å². The first kappa shape index (κ1) is 22.5. The highest BCUT2D eigenvalue weighted by Gasteiger charge is 2.43. The van der Waals surface area contributed by atoms with Crippen LogP contribution in [0.3, 0.4) is 0 Å². The number of nitrogens with zero attached hydrogens (tertiary/aromatic N) is 2. The van der Waals surface area contributed by atoms with E-state index in [2.05, 4.69) is 53.3 Å². The number of carbonyl (C=O) groups excluding carboxylic acids is 2. The Labute approximate surface area is 195 Å². The molecule has 1 aliphatic rings. The van der Waals surface area contributed by atoms with Gasteiger partial charge >= 0.3 is 0 Å². The maximum Gasteiger partial charge on any atom is 0.272 e. The highest BCUT2D eigenvalue weighted by Crippen LogP contribution is 2.35. The van der Waals surface area contributed by atoms with E-state index in [1.165, 1.54) is 0 Å². The summed E-state index contributed by atoms with van der Waals surface area (Å²) in [6.45, 7) is 5.11. The highest BCUT2D eigenvalue weighted by molar-refractivity contribution is 5.93. The van der Waals surface area contributed by atoms with Crippen LogP contribution < -0.4 is 5.32 Å². The largest absolute Gasteiger partial charge is 0.352 e. The number of hydrogen-bond donors (Lipinski definition) is 1. The predicted octanol–water partition coefficient (Wildman–Crippen LogP) is 4.52. The van der Waals surface area contributed by atoms with E-state index in [0.717, 1.165) is 29.5 Å². The number of amides is 2. The maximum atomic E-state index is 13.4. The molecule has 2 amide bonds. The zero-order valence-corrected chi connectivity index (χ0v) is 18.7. The van der Waals surface area contributed by atoms with Crippen LogP contribution in [0, 0.1) is 5.41 Å². The number of rotatable bonds is 7. The van der Waals surface area contributed by atoms with Crippen molar-refractivity contribution in [3.05, 3.63) is 103 Å². The summed E-state index contributed by atoms with van der Waals surface area (Å²) >= 11 is 0. The molecule has 0 saturated carbocycles. The van der Waals surface area contributed by atoms with Gasteiger partial charge in [0.25, 0.3) is 5.91 Å². The van der Waals surface area contributed by atoms with Crippen molar-refractivity contribution in [1.29, 1.82) is 0 Å². The molecule has 2 aromatic carbocycles. The summed E-state index contributed by atoms with van der Waals surface area (Å²) in [5, 5.41) is 2.99. The molecule has 1 N–H and O–H groups in total. The second-order valence-electron chi connectivity index (χ2n) is 8.56. The van der Waals surface area contributed by atoms with Gasteiger partial charge in [0.1, 0.15) is 5.69 Å². The second kappa shape index (κ2) is 10.3. The van der Waals surface area contributed by atoms with Crippen molar-refractivity contribution in [2.24, 2.45) is 5.41 Å². The number of piperidine rings is 1. The molecule has 0 spiro atoms. The SMILES string of the molecule is C=CCNC(=O)C1(Cc2ccc(-c3ccccc3)cc2)CCCN(C(=O)c2ccccn2)C1. The summed E-state index contributed by atoms with van der Waals surface area (Å²) in [5.74, 6) is -0.163. The number of aromatic nitrogens is 1. The van der Waals surface area contributed by atoms with Crippen molar-refractivity contribution in [3.8, 4) is 11.1 Å². The van der Waals surface area contributed by atoms with Crippen LogP contribution >= 0.6 is 0 Å². The summed E-state index contributed by atoms with van der Waals surface area (Å²) in [4.78, 5) is 32.4. The second-order valence-corrected chi connectivity index (χ2v) is 8.56. The topological polar surface area (TPSA) is 62.3 Å². The molecule has 33 heavy (non-hydrogen) atoms. The third kappa shape index (κ3) is 5.20. The number of pyridine rings is 1. The van der Waals surface area contributed by atoms with Gasteiger partial charge in [-0.05, 0) is 48.1 Å². The lowest BCUT2D eigenvalue weighted by atomic mass is 9.74. The Morgan fingerprint density at radius 3 is 2.42 bits per heavy atom. The molecule has 0 aliphatic carbocycles. The van der Waals surface area contributed by atoms with Gasteiger partial charge in [0.2, 0.25) is 5.91 Å². The Hall–Kier alpha value is -3.73. The van der Waals surface area contributed by atoms with Crippen LogP contribution in [0.2, 0.25) is 0 Å². The summed E-state index contributed by atoms with van der Waals surface area (Å²) < 4.78 is 0. The van der Waals surface area contributed by atoms with Gasteiger partial charge in [-0.3, -0.25) is 14.6 Å². The third-order valence-electron chi connectivity index (χ3n) is 6.24. The average Bonchev–Trinajstić information content (AvgIpc) is 2.88. The van der Waals surface area contributed by atoms with E-state index in [9.17, 15) is 9.59 Å². The molecule has 2 heterocycles. The van der Waals surface area contributed by atoms with Gasteiger partial charge in [0.15, 0.2) is 0 Å². The number of hydrogen-bond acceptors (Lipinski definition) is 3. The normalized spacial score (nSPS) is 17.9. The fourth-order valence-electron chi connectivity index (χ4n) is 4.56. The van der Waals surface area contributed by atoms with Gasteiger partial charge in [-0.2, -0.15) is 0 Å². The summed E-state index contributed by atoms with van der Waals surface area (Å²) in [6.07, 6.45) is 5.36. The fraction of sp³-hybridized carbons (Fsp3) is 0.250. The summed E-state index contributed by atoms with van der Waals surface area (Å²) in [6, 6.07) is 23.9. The first-order valence-electron chi connectivity index (χ1n) is 11.4. The van der Waals surface area contributed by atoms with E-state index >= 15 is 0 Å². The lowest BCUT2D eigenvalue weighted by Crippen LogP contribution is -2.54.